The van der Waals surface area contributed by atoms with Crippen molar-refractivity contribution in [3.8, 4) is 10.7 Å². The minimum absolute atomic E-state index is 0.442. The first kappa shape index (κ1) is 14.4. The topological polar surface area (TPSA) is 38.7 Å². The first-order valence-corrected chi connectivity index (χ1v) is 8.50. The maximum Gasteiger partial charge on any atom is 0.173 e. The highest BCUT2D eigenvalue weighted by Gasteiger charge is 2.15. The normalized spacial score (nSPS) is 11.2. The third-order valence-electron chi connectivity index (χ3n) is 2.78. The molecule has 20 heavy (non-hydrogen) atoms. The van der Waals surface area contributed by atoms with Crippen LogP contribution in [0.15, 0.2) is 21.1 Å². The summed E-state index contributed by atoms with van der Waals surface area (Å²) in [5.74, 6) is 0.619. The van der Waals surface area contributed by atoms with Crippen LogP contribution in [0, 0.1) is 13.8 Å². The summed E-state index contributed by atoms with van der Waals surface area (Å²) in [6.07, 6.45) is 0. The molecule has 1 aromatic carbocycles. The number of thiazole rings is 1. The number of hydrogen-bond donors (Lipinski definition) is 0. The molecule has 7 heteroatoms. The van der Waals surface area contributed by atoms with Crippen LogP contribution >= 0.6 is 54.8 Å². The van der Waals surface area contributed by atoms with Crippen molar-refractivity contribution in [2.24, 2.45) is 0 Å². The molecule has 2 aromatic heterocycles. The molecule has 102 valence electrons. The Labute approximate surface area is 141 Å². The predicted octanol–water partition coefficient (Wildman–Crippen LogP) is 5.55. The first-order chi connectivity index (χ1) is 9.45. The van der Waals surface area contributed by atoms with Crippen molar-refractivity contribution in [1.82, 2.24) is 15.0 Å². The van der Waals surface area contributed by atoms with Gasteiger partial charge in [-0.25, -0.2) is 15.0 Å². The highest BCUT2D eigenvalue weighted by atomic mass is 79.9. The molecule has 0 N–H and O–H groups in total. The summed E-state index contributed by atoms with van der Waals surface area (Å²) in [6, 6.07) is 3.86. The summed E-state index contributed by atoms with van der Waals surface area (Å²) in [5.41, 5.74) is 1.73. The lowest BCUT2D eigenvalue weighted by Gasteiger charge is -2.06. The van der Waals surface area contributed by atoms with E-state index in [4.69, 9.17) is 11.6 Å². The van der Waals surface area contributed by atoms with Gasteiger partial charge in [-0.2, -0.15) is 0 Å². The zero-order valence-electron chi connectivity index (χ0n) is 10.5. The Morgan fingerprint density at radius 3 is 2.50 bits per heavy atom. The number of benzene rings is 1. The molecule has 0 atom stereocenters. The van der Waals surface area contributed by atoms with E-state index in [0.717, 1.165) is 35.4 Å². The fourth-order valence-corrected chi connectivity index (χ4v) is 4.35. The zero-order chi connectivity index (χ0) is 14.4. The second kappa shape index (κ2) is 5.33. The Morgan fingerprint density at radius 1 is 1.10 bits per heavy atom. The molecular weight excluding hydrogens is 425 g/mol. The molecule has 3 nitrogen and oxygen atoms in total. The summed E-state index contributed by atoms with van der Waals surface area (Å²) < 4.78 is 1.81. The van der Waals surface area contributed by atoms with Crippen molar-refractivity contribution in [2.45, 2.75) is 13.8 Å². The zero-order valence-corrected chi connectivity index (χ0v) is 15.3. The van der Waals surface area contributed by atoms with E-state index in [9.17, 15) is 0 Å². The van der Waals surface area contributed by atoms with Crippen molar-refractivity contribution in [1.29, 1.82) is 0 Å². The molecule has 3 rings (SSSR count). The van der Waals surface area contributed by atoms with Gasteiger partial charge in [0.1, 0.15) is 5.15 Å². The molecule has 3 aromatic rings. The number of aryl methyl sites for hydroxylation is 2. The molecule has 0 saturated carbocycles. The molecule has 0 aliphatic carbocycles. The van der Waals surface area contributed by atoms with Gasteiger partial charge in [-0.15, -0.1) is 11.3 Å². The highest BCUT2D eigenvalue weighted by molar-refractivity contribution is 9.11. The Balaban J connectivity index is 2.32. The van der Waals surface area contributed by atoms with Crippen LogP contribution in [0.25, 0.3) is 21.6 Å². The van der Waals surface area contributed by atoms with Gasteiger partial charge in [0.15, 0.2) is 5.82 Å². The van der Waals surface area contributed by atoms with Crippen molar-refractivity contribution in [3.05, 3.63) is 36.9 Å². The Morgan fingerprint density at radius 2 is 1.85 bits per heavy atom. The number of nitrogens with zero attached hydrogens (tertiary/aromatic N) is 3. The molecule has 0 spiro atoms. The number of rotatable bonds is 1. The van der Waals surface area contributed by atoms with Crippen LogP contribution in [0.2, 0.25) is 5.15 Å². The highest BCUT2D eigenvalue weighted by Crippen LogP contribution is 2.34. The Bertz CT molecular complexity index is 832. The van der Waals surface area contributed by atoms with Gasteiger partial charge in [0.2, 0.25) is 0 Å². The van der Waals surface area contributed by atoms with E-state index < -0.39 is 0 Å². The number of fused-ring (bicyclic) bond motifs is 1. The van der Waals surface area contributed by atoms with Crippen LogP contribution in [-0.2, 0) is 0 Å². The van der Waals surface area contributed by atoms with E-state index in [0.29, 0.717) is 11.0 Å². The van der Waals surface area contributed by atoms with Crippen LogP contribution in [-0.4, -0.2) is 15.0 Å². The monoisotopic (exact) mass is 431 g/mol. The van der Waals surface area contributed by atoms with E-state index in [1.807, 2.05) is 26.0 Å². The van der Waals surface area contributed by atoms with Gasteiger partial charge in [0.05, 0.1) is 21.1 Å². The van der Waals surface area contributed by atoms with E-state index in [-0.39, 0.29) is 0 Å². The van der Waals surface area contributed by atoms with E-state index in [1.54, 1.807) is 11.3 Å². The largest absolute Gasteiger partial charge is 0.246 e. The molecule has 0 aliphatic rings. The number of halogens is 3. The minimum atomic E-state index is 0.442. The molecule has 2 heterocycles. The van der Waals surface area contributed by atoms with E-state index in [1.165, 1.54) is 0 Å². The third kappa shape index (κ3) is 2.50. The SMILES string of the molecule is Cc1nc(C)c(-c2nc(Cl)c3cc(Br)cc(Br)c3n2)s1. The smallest absolute Gasteiger partial charge is 0.173 e. The quantitative estimate of drug-likeness (QED) is 0.473. The van der Waals surface area contributed by atoms with E-state index >= 15 is 0 Å². The number of hydrogen-bond acceptors (Lipinski definition) is 4. The minimum Gasteiger partial charge on any atom is -0.246 e. The van der Waals surface area contributed by atoms with Crippen molar-refractivity contribution in [2.75, 3.05) is 0 Å². The number of aromatic nitrogens is 3. The second-order valence-electron chi connectivity index (χ2n) is 4.27. The average Bonchev–Trinajstić information content (AvgIpc) is 2.69. The standard InChI is InChI=1S/C13H8Br2ClN3S/c1-5-11(20-6(2)17-5)13-18-10-8(12(16)19-13)3-7(14)4-9(10)15/h3-4H,1-2H3. The fraction of sp³-hybridized carbons (Fsp3) is 0.154. The van der Waals surface area contributed by atoms with Gasteiger partial charge in [-0.1, -0.05) is 27.5 Å². The van der Waals surface area contributed by atoms with Crippen molar-refractivity contribution >= 4 is 65.7 Å². The first-order valence-electron chi connectivity index (χ1n) is 5.72. The lowest BCUT2D eigenvalue weighted by atomic mass is 10.2. The summed E-state index contributed by atoms with van der Waals surface area (Å²) >= 11 is 14.8. The van der Waals surface area contributed by atoms with Crippen molar-refractivity contribution < 1.29 is 0 Å². The molecular formula is C13H8Br2ClN3S. The van der Waals surface area contributed by atoms with Crippen LogP contribution in [0.1, 0.15) is 10.7 Å². The van der Waals surface area contributed by atoms with Crippen LogP contribution in [0.4, 0.5) is 0 Å². The second-order valence-corrected chi connectivity index (χ2v) is 7.60. The van der Waals surface area contributed by atoms with Gasteiger partial charge >= 0.3 is 0 Å². The van der Waals surface area contributed by atoms with E-state index in [2.05, 4.69) is 46.8 Å². The fourth-order valence-electron chi connectivity index (χ4n) is 1.96. The lowest BCUT2D eigenvalue weighted by Crippen LogP contribution is -1.92. The predicted molar refractivity (Wildman–Crippen MR) is 90.5 cm³/mol. The van der Waals surface area contributed by atoms with Gasteiger partial charge in [0, 0.05) is 14.3 Å². The van der Waals surface area contributed by atoms with Gasteiger partial charge in [0.25, 0.3) is 0 Å². The van der Waals surface area contributed by atoms with Gasteiger partial charge in [-0.05, 0) is 41.9 Å². The molecule has 0 fully saturated rings. The van der Waals surface area contributed by atoms with Gasteiger partial charge < -0.3 is 0 Å². The lowest BCUT2D eigenvalue weighted by molar-refractivity contribution is 1.17. The van der Waals surface area contributed by atoms with Crippen LogP contribution in [0.3, 0.4) is 0 Å². The summed E-state index contributed by atoms with van der Waals surface area (Å²) in [4.78, 5) is 14.4. The van der Waals surface area contributed by atoms with Crippen molar-refractivity contribution in [3.63, 3.8) is 0 Å². The Kier molecular flexibility index (Phi) is 3.83. The molecule has 0 amide bonds. The molecule has 0 saturated heterocycles. The maximum atomic E-state index is 6.31. The van der Waals surface area contributed by atoms with Gasteiger partial charge in [-0.3, -0.25) is 0 Å². The Hall–Kier alpha value is -0.560. The molecule has 0 bridgehead atoms. The molecule has 0 radical (unpaired) electrons. The average molecular weight is 434 g/mol. The molecule has 0 aliphatic heterocycles. The third-order valence-corrected chi connectivity index (χ3v) is 5.20. The maximum absolute atomic E-state index is 6.31. The summed E-state index contributed by atoms with van der Waals surface area (Å²) in [5, 5.41) is 2.25. The van der Waals surface area contributed by atoms with Crippen LogP contribution in [0.5, 0.6) is 0 Å². The summed E-state index contributed by atoms with van der Waals surface area (Å²) in [7, 11) is 0. The van der Waals surface area contributed by atoms with Crippen LogP contribution < -0.4 is 0 Å². The summed E-state index contributed by atoms with van der Waals surface area (Å²) in [6.45, 7) is 3.92. The molecule has 0 unspecified atom stereocenters.